The number of hydrogen-bond acceptors (Lipinski definition) is 3. The lowest BCUT2D eigenvalue weighted by atomic mass is 9.75. The van der Waals surface area contributed by atoms with Crippen LogP contribution in [0.5, 0.6) is 0 Å². The van der Waals surface area contributed by atoms with Crippen molar-refractivity contribution in [1.82, 2.24) is 0 Å². The molecule has 1 aliphatic rings. The Kier molecular flexibility index (Phi) is 3.82. The summed E-state index contributed by atoms with van der Waals surface area (Å²) in [4.78, 5) is 13.0. The summed E-state index contributed by atoms with van der Waals surface area (Å²) in [6.45, 7) is 0.629. The lowest BCUT2D eigenvalue weighted by molar-refractivity contribution is -0.127. The lowest BCUT2D eigenvalue weighted by Crippen LogP contribution is -2.48. The SMILES string of the molecule is O=C(c1ccccc1)C1(c2ccc(F)cc2)COCOC1. The first-order chi connectivity index (χ1) is 10.2. The summed E-state index contributed by atoms with van der Waals surface area (Å²) in [5.74, 6) is -0.409. The summed E-state index contributed by atoms with van der Waals surface area (Å²) in [5.41, 5.74) is 0.376. The largest absolute Gasteiger partial charge is 0.354 e. The molecule has 108 valence electrons. The van der Waals surface area contributed by atoms with E-state index in [9.17, 15) is 9.18 Å². The smallest absolute Gasteiger partial charge is 0.178 e. The molecule has 2 aromatic carbocycles. The molecule has 1 heterocycles. The van der Waals surface area contributed by atoms with E-state index < -0.39 is 5.41 Å². The molecule has 21 heavy (non-hydrogen) atoms. The number of rotatable bonds is 3. The Balaban J connectivity index is 2.05. The molecule has 4 heteroatoms. The van der Waals surface area contributed by atoms with Gasteiger partial charge in [-0.3, -0.25) is 4.79 Å². The molecular weight excluding hydrogens is 271 g/mol. The van der Waals surface area contributed by atoms with Gasteiger partial charge in [-0.25, -0.2) is 4.39 Å². The van der Waals surface area contributed by atoms with Gasteiger partial charge in [0, 0.05) is 5.56 Å². The second-order valence-corrected chi connectivity index (χ2v) is 5.10. The zero-order chi connectivity index (χ0) is 14.7. The van der Waals surface area contributed by atoms with Crippen LogP contribution in [0.4, 0.5) is 4.39 Å². The van der Waals surface area contributed by atoms with Crippen molar-refractivity contribution in [2.75, 3.05) is 20.0 Å². The van der Waals surface area contributed by atoms with Crippen molar-refractivity contribution < 1.29 is 18.7 Å². The number of benzene rings is 2. The number of ketones is 1. The van der Waals surface area contributed by atoms with Gasteiger partial charge in [0.1, 0.15) is 18.0 Å². The Hall–Kier alpha value is -2.04. The van der Waals surface area contributed by atoms with Crippen molar-refractivity contribution in [3.8, 4) is 0 Å². The van der Waals surface area contributed by atoms with Crippen LogP contribution in [0.25, 0.3) is 0 Å². The highest BCUT2D eigenvalue weighted by Crippen LogP contribution is 2.32. The molecule has 1 saturated heterocycles. The summed E-state index contributed by atoms with van der Waals surface area (Å²) < 4.78 is 23.9. The molecule has 3 nitrogen and oxygen atoms in total. The van der Waals surface area contributed by atoms with Crippen molar-refractivity contribution in [2.45, 2.75) is 5.41 Å². The van der Waals surface area contributed by atoms with Crippen LogP contribution in [0.2, 0.25) is 0 Å². The molecule has 0 aromatic heterocycles. The van der Waals surface area contributed by atoms with Crippen LogP contribution in [0.1, 0.15) is 15.9 Å². The normalized spacial score (nSPS) is 17.4. The Bertz CT molecular complexity index is 616. The molecular formula is C17H15FO3. The maximum absolute atomic E-state index is 13.2. The first kappa shape index (κ1) is 13.9. The Labute approximate surface area is 122 Å². The molecule has 2 aromatic rings. The molecule has 0 spiro atoms. The van der Waals surface area contributed by atoms with Crippen LogP contribution in [-0.4, -0.2) is 25.8 Å². The quantitative estimate of drug-likeness (QED) is 0.814. The van der Waals surface area contributed by atoms with E-state index in [4.69, 9.17) is 9.47 Å². The molecule has 0 N–H and O–H groups in total. The van der Waals surface area contributed by atoms with Gasteiger partial charge < -0.3 is 9.47 Å². The van der Waals surface area contributed by atoms with Gasteiger partial charge in [-0.1, -0.05) is 42.5 Å². The predicted octanol–water partition coefficient (Wildman–Crippen LogP) is 2.95. The standard InChI is InChI=1S/C17H15FO3/c18-15-8-6-14(7-9-15)17(10-20-12-21-11-17)16(19)13-4-2-1-3-5-13/h1-9H,10-12H2. The van der Waals surface area contributed by atoms with Crippen LogP contribution < -0.4 is 0 Å². The van der Waals surface area contributed by atoms with E-state index in [0.29, 0.717) is 11.1 Å². The highest BCUT2D eigenvalue weighted by atomic mass is 19.1. The van der Waals surface area contributed by atoms with Gasteiger partial charge in [-0.2, -0.15) is 0 Å². The minimum atomic E-state index is -0.923. The van der Waals surface area contributed by atoms with Crippen molar-refractivity contribution in [3.63, 3.8) is 0 Å². The third-order valence-corrected chi connectivity index (χ3v) is 3.73. The summed E-state index contributed by atoms with van der Waals surface area (Å²) in [5, 5.41) is 0. The molecule has 0 atom stereocenters. The van der Waals surface area contributed by atoms with E-state index in [1.54, 1.807) is 24.3 Å². The second kappa shape index (κ2) is 5.76. The first-order valence-corrected chi connectivity index (χ1v) is 6.74. The van der Waals surface area contributed by atoms with Crippen LogP contribution in [0.15, 0.2) is 54.6 Å². The third-order valence-electron chi connectivity index (χ3n) is 3.73. The Morgan fingerprint density at radius 2 is 1.57 bits per heavy atom. The van der Waals surface area contributed by atoms with E-state index in [2.05, 4.69) is 0 Å². The van der Waals surface area contributed by atoms with Gasteiger partial charge in [-0.15, -0.1) is 0 Å². The number of hydrogen-bond donors (Lipinski definition) is 0. The molecule has 0 aliphatic carbocycles. The molecule has 0 bridgehead atoms. The number of halogens is 1. The van der Waals surface area contributed by atoms with E-state index in [0.717, 1.165) is 0 Å². The van der Waals surface area contributed by atoms with Gasteiger partial charge >= 0.3 is 0 Å². The zero-order valence-corrected chi connectivity index (χ0v) is 11.4. The minimum absolute atomic E-state index is 0.0746. The monoisotopic (exact) mass is 286 g/mol. The highest BCUT2D eigenvalue weighted by Gasteiger charge is 2.43. The van der Waals surface area contributed by atoms with Gasteiger partial charge in [-0.05, 0) is 17.7 Å². The van der Waals surface area contributed by atoms with Gasteiger partial charge in [0.2, 0.25) is 0 Å². The van der Waals surface area contributed by atoms with E-state index >= 15 is 0 Å². The average molecular weight is 286 g/mol. The molecule has 0 amide bonds. The second-order valence-electron chi connectivity index (χ2n) is 5.10. The van der Waals surface area contributed by atoms with Crippen molar-refractivity contribution in [1.29, 1.82) is 0 Å². The lowest BCUT2D eigenvalue weighted by Gasteiger charge is -2.35. The van der Waals surface area contributed by atoms with Crippen LogP contribution in [0.3, 0.4) is 0 Å². The molecule has 3 rings (SSSR count). The van der Waals surface area contributed by atoms with E-state index in [1.165, 1.54) is 12.1 Å². The molecule has 1 fully saturated rings. The molecule has 0 saturated carbocycles. The number of carbonyl (C=O) groups excluding carboxylic acids is 1. The fraction of sp³-hybridized carbons (Fsp3) is 0.235. The van der Waals surface area contributed by atoms with Gasteiger partial charge in [0.15, 0.2) is 5.78 Å². The highest BCUT2D eigenvalue weighted by molar-refractivity contribution is 6.04. The van der Waals surface area contributed by atoms with Crippen LogP contribution in [-0.2, 0) is 14.9 Å². The van der Waals surface area contributed by atoms with Gasteiger partial charge in [0.05, 0.1) is 13.2 Å². The van der Waals surface area contributed by atoms with Gasteiger partial charge in [0.25, 0.3) is 0 Å². The molecule has 0 radical (unpaired) electrons. The van der Waals surface area contributed by atoms with E-state index in [-0.39, 0.29) is 31.6 Å². The van der Waals surface area contributed by atoms with Crippen molar-refractivity contribution in [3.05, 3.63) is 71.5 Å². The summed E-state index contributed by atoms with van der Waals surface area (Å²) >= 11 is 0. The molecule has 0 unspecified atom stereocenters. The summed E-state index contributed by atoms with van der Waals surface area (Å²) in [6.07, 6.45) is 0. The maximum Gasteiger partial charge on any atom is 0.178 e. The number of ether oxygens (including phenoxy) is 2. The minimum Gasteiger partial charge on any atom is -0.354 e. The Morgan fingerprint density at radius 1 is 0.952 bits per heavy atom. The Morgan fingerprint density at radius 3 is 2.19 bits per heavy atom. The number of carbonyl (C=O) groups is 1. The first-order valence-electron chi connectivity index (χ1n) is 6.74. The van der Waals surface area contributed by atoms with Crippen LogP contribution in [0, 0.1) is 5.82 Å². The predicted molar refractivity (Wildman–Crippen MR) is 75.6 cm³/mol. The summed E-state index contributed by atoms with van der Waals surface area (Å²) in [7, 11) is 0. The van der Waals surface area contributed by atoms with E-state index in [1.807, 2.05) is 18.2 Å². The fourth-order valence-electron chi connectivity index (χ4n) is 2.60. The summed E-state index contributed by atoms with van der Waals surface area (Å²) in [6, 6.07) is 15.0. The van der Waals surface area contributed by atoms with Crippen molar-refractivity contribution in [2.24, 2.45) is 0 Å². The zero-order valence-electron chi connectivity index (χ0n) is 11.4. The molecule has 1 aliphatic heterocycles. The van der Waals surface area contributed by atoms with Crippen molar-refractivity contribution >= 4 is 5.78 Å². The average Bonchev–Trinajstić information content (AvgIpc) is 2.56. The maximum atomic E-state index is 13.2. The fourth-order valence-corrected chi connectivity index (χ4v) is 2.60. The topological polar surface area (TPSA) is 35.5 Å². The van der Waals surface area contributed by atoms with Crippen LogP contribution >= 0.6 is 0 Å². The number of Topliss-reactive ketones (excluding diaryl/α,β-unsaturated/α-hetero) is 1. The third kappa shape index (κ3) is 2.60.